The van der Waals surface area contributed by atoms with Gasteiger partial charge in [-0.25, -0.2) is 0 Å². The van der Waals surface area contributed by atoms with Gasteiger partial charge in [-0.1, -0.05) is 72.8 Å². The zero-order valence-corrected chi connectivity index (χ0v) is 20.1. The van der Waals surface area contributed by atoms with E-state index in [0.717, 1.165) is 31.9 Å². The number of morpholine rings is 1. The zero-order chi connectivity index (χ0) is 23.9. The van der Waals surface area contributed by atoms with E-state index in [1.165, 1.54) is 16.7 Å². The molecular formula is C29H33N3O3. The first-order chi connectivity index (χ1) is 17.3. The summed E-state index contributed by atoms with van der Waals surface area (Å²) in [4.78, 5) is 19.3. The lowest BCUT2D eigenvalue weighted by Crippen LogP contribution is -2.42. The monoisotopic (exact) mass is 471 g/mol. The number of carbonyl (C=O) groups excluding carboxylic acids is 1. The molecule has 6 heteroatoms. The standard InChI is InChI=1S/C29H33N3O3/c33-28(30-17-19-34-20-18-30)23-35-27-13-11-26(12-14-27)29-31(21-24-7-3-1-4-8-24)15-16-32(29)22-25-9-5-2-6-10-25/h1-14,29H,15-23H2. The van der Waals surface area contributed by atoms with Crippen molar-refractivity contribution in [3.05, 3.63) is 102 Å². The van der Waals surface area contributed by atoms with E-state index < -0.39 is 0 Å². The number of rotatable bonds is 8. The fourth-order valence-corrected chi connectivity index (χ4v) is 4.91. The Kier molecular flexibility index (Phi) is 7.73. The molecule has 0 aromatic heterocycles. The molecule has 0 bridgehead atoms. The molecule has 182 valence electrons. The minimum absolute atomic E-state index is 0.0104. The average molecular weight is 472 g/mol. The molecule has 2 fully saturated rings. The van der Waals surface area contributed by atoms with Gasteiger partial charge in [0.1, 0.15) is 5.75 Å². The Morgan fingerprint density at radius 1 is 0.743 bits per heavy atom. The lowest BCUT2D eigenvalue weighted by Gasteiger charge is -2.31. The molecule has 0 unspecified atom stereocenters. The maximum absolute atomic E-state index is 12.4. The largest absolute Gasteiger partial charge is 0.484 e. The number of nitrogens with zero attached hydrogens (tertiary/aromatic N) is 3. The molecule has 1 amide bonds. The third kappa shape index (κ3) is 6.09. The van der Waals surface area contributed by atoms with Gasteiger partial charge in [0, 0.05) is 39.3 Å². The van der Waals surface area contributed by atoms with Gasteiger partial charge in [-0.05, 0) is 28.8 Å². The molecule has 2 aliphatic heterocycles. The van der Waals surface area contributed by atoms with E-state index in [9.17, 15) is 4.79 Å². The average Bonchev–Trinajstić information content (AvgIpc) is 3.30. The van der Waals surface area contributed by atoms with Crippen LogP contribution in [0.4, 0.5) is 0 Å². The van der Waals surface area contributed by atoms with E-state index >= 15 is 0 Å². The van der Waals surface area contributed by atoms with Crippen LogP contribution in [0.25, 0.3) is 0 Å². The molecule has 0 N–H and O–H groups in total. The van der Waals surface area contributed by atoms with Crippen molar-refractivity contribution in [1.29, 1.82) is 0 Å². The topological polar surface area (TPSA) is 45.2 Å². The highest BCUT2D eigenvalue weighted by atomic mass is 16.5. The van der Waals surface area contributed by atoms with Crippen LogP contribution in [0.15, 0.2) is 84.9 Å². The van der Waals surface area contributed by atoms with Crippen molar-refractivity contribution in [2.24, 2.45) is 0 Å². The fraction of sp³-hybridized carbons (Fsp3) is 0.345. The van der Waals surface area contributed by atoms with E-state index in [1.807, 2.05) is 12.1 Å². The van der Waals surface area contributed by atoms with Crippen LogP contribution in [-0.2, 0) is 22.6 Å². The molecule has 5 rings (SSSR count). The number of amides is 1. The number of ether oxygens (including phenoxy) is 2. The predicted octanol–water partition coefficient (Wildman–Crippen LogP) is 3.94. The highest BCUT2D eigenvalue weighted by Crippen LogP contribution is 2.33. The van der Waals surface area contributed by atoms with Crippen molar-refractivity contribution in [1.82, 2.24) is 14.7 Å². The van der Waals surface area contributed by atoms with Gasteiger partial charge in [0.2, 0.25) is 0 Å². The van der Waals surface area contributed by atoms with Crippen LogP contribution in [0.3, 0.4) is 0 Å². The molecule has 2 aliphatic rings. The Morgan fingerprint density at radius 2 is 1.29 bits per heavy atom. The van der Waals surface area contributed by atoms with Crippen LogP contribution in [0.1, 0.15) is 22.9 Å². The van der Waals surface area contributed by atoms with E-state index in [4.69, 9.17) is 9.47 Å². The summed E-state index contributed by atoms with van der Waals surface area (Å²) >= 11 is 0. The van der Waals surface area contributed by atoms with Gasteiger partial charge in [0.25, 0.3) is 5.91 Å². The molecule has 2 heterocycles. The molecule has 0 radical (unpaired) electrons. The smallest absolute Gasteiger partial charge is 0.260 e. The normalized spacial score (nSPS) is 17.5. The van der Waals surface area contributed by atoms with Gasteiger partial charge in [0.05, 0.1) is 19.4 Å². The van der Waals surface area contributed by atoms with Crippen molar-refractivity contribution in [2.45, 2.75) is 19.3 Å². The van der Waals surface area contributed by atoms with Gasteiger partial charge in [0.15, 0.2) is 6.61 Å². The van der Waals surface area contributed by atoms with Crippen LogP contribution >= 0.6 is 0 Å². The van der Waals surface area contributed by atoms with Gasteiger partial charge < -0.3 is 14.4 Å². The summed E-state index contributed by atoms with van der Waals surface area (Å²) in [5.41, 5.74) is 3.88. The zero-order valence-electron chi connectivity index (χ0n) is 20.1. The third-order valence-electron chi connectivity index (χ3n) is 6.73. The molecular weight excluding hydrogens is 438 g/mol. The van der Waals surface area contributed by atoms with Crippen LogP contribution in [0.5, 0.6) is 5.75 Å². The van der Waals surface area contributed by atoms with Crippen LogP contribution in [0.2, 0.25) is 0 Å². The molecule has 35 heavy (non-hydrogen) atoms. The molecule has 0 atom stereocenters. The lowest BCUT2D eigenvalue weighted by molar-refractivity contribution is -0.137. The minimum Gasteiger partial charge on any atom is -0.484 e. The Bertz CT molecular complexity index is 1020. The highest BCUT2D eigenvalue weighted by molar-refractivity contribution is 5.77. The fourth-order valence-electron chi connectivity index (χ4n) is 4.91. The van der Waals surface area contributed by atoms with Gasteiger partial charge in [-0.15, -0.1) is 0 Å². The third-order valence-corrected chi connectivity index (χ3v) is 6.73. The second-order valence-electron chi connectivity index (χ2n) is 9.14. The molecule has 0 saturated carbocycles. The predicted molar refractivity (Wildman–Crippen MR) is 136 cm³/mol. The number of hydrogen-bond acceptors (Lipinski definition) is 5. The van der Waals surface area contributed by atoms with E-state index in [-0.39, 0.29) is 18.7 Å². The maximum atomic E-state index is 12.4. The quantitative estimate of drug-likeness (QED) is 0.498. The molecule has 0 aliphatic carbocycles. The maximum Gasteiger partial charge on any atom is 0.260 e. The number of hydrogen-bond donors (Lipinski definition) is 0. The van der Waals surface area contributed by atoms with Crippen LogP contribution < -0.4 is 4.74 Å². The second kappa shape index (κ2) is 11.5. The van der Waals surface area contributed by atoms with Crippen LogP contribution in [-0.4, -0.2) is 66.6 Å². The minimum atomic E-state index is 0.0104. The summed E-state index contributed by atoms with van der Waals surface area (Å²) in [7, 11) is 0. The van der Waals surface area contributed by atoms with Crippen LogP contribution in [0, 0.1) is 0 Å². The Labute approximate surface area is 207 Å². The Hall–Kier alpha value is -3.19. The highest BCUT2D eigenvalue weighted by Gasteiger charge is 2.33. The molecule has 2 saturated heterocycles. The second-order valence-corrected chi connectivity index (χ2v) is 9.14. The Balaban J connectivity index is 1.28. The summed E-state index contributed by atoms with van der Waals surface area (Å²) in [5.74, 6) is 0.730. The molecule has 3 aromatic rings. The van der Waals surface area contributed by atoms with Gasteiger partial charge in [-0.3, -0.25) is 14.6 Å². The molecule has 6 nitrogen and oxygen atoms in total. The first-order valence-corrected chi connectivity index (χ1v) is 12.4. The number of carbonyl (C=O) groups is 1. The van der Waals surface area contributed by atoms with Crippen molar-refractivity contribution in [3.8, 4) is 5.75 Å². The number of benzene rings is 3. The lowest BCUT2D eigenvalue weighted by atomic mass is 10.1. The first-order valence-electron chi connectivity index (χ1n) is 12.4. The summed E-state index contributed by atoms with van der Waals surface area (Å²) in [6.07, 6.45) is 0.180. The Morgan fingerprint density at radius 3 is 1.83 bits per heavy atom. The SMILES string of the molecule is O=C(COc1ccc(C2N(Cc3ccccc3)CCN2Cc2ccccc2)cc1)N1CCOCC1. The van der Waals surface area contributed by atoms with Gasteiger partial charge >= 0.3 is 0 Å². The van der Waals surface area contributed by atoms with Crippen molar-refractivity contribution >= 4 is 5.91 Å². The van der Waals surface area contributed by atoms with Crippen molar-refractivity contribution in [3.63, 3.8) is 0 Å². The summed E-state index contributed by atoms with van der Waals surface area (Å²) in [5, 5.41) is 0. The van der Waals surface area contributed by atoms with E-state index in [1.54, 1.807) is 4.90 Å². The summed E-state index contributed by atoms with van der Waals surface area (Å²) in [6.45, 7) is 6.36. The summed E-state index contributed by atoms with van der Waals surface area (Å²) in [6, 6.07) is 29.6. The molecule has 3 aromatic carbocycles. The molecule has 0 spiro atoms. The van der Waals surface area contributed by atoms with Gasteiger partial charge in [-0.2, -0.15) is 0 Å². The van der Waals surface area contributed by atoms with Crippen molar-refractivity contribution < 1.29 is 14.3 Å². The van der Waals surface area contributed by atoms with E-state index in [0.29, 0.717) is 26.3 Å². The summed E-state index contributed by atoms with van der Waals surface area (Å²) < 4.78 is 11.1. The van der Waals surface area contributed by atoms with Crippen molar-refractivity contribution in [2.75, 3.05) is 46.0 Å². The van der Waals surface area contributed by atoms with E-state index in [2.05, 4.69) is 82.6 Å². The first kappa shape index (κ1) is 23.5.